The first kappa shape index (κ1) is 22.4. The summed E-state index contributed by atoms with van der Waals surface area (Å²) >= 11 is 3.21. The molecule has 0 aliphatic carbocycles. The molecule has 2 aromatic rings. The van der Waals surface area contributed by atoms with Crippen LogP contribution >= 0.6 is 15.9 Å². The van der Waals surface area contributed by atoms with Crippen LogP contribution in [0.15, 0.2) is 56.9 Å². The molecule has 1 amide bonds. The summed E-state index contributed by atoms with van der Waals surface area (Å²) < 4.78 is 32.4. The van der Waals surface area contributed by atoms with E-state index >= 15 is 0 Å². The van der Waals surface area contributed by atoms with Crippen molar-refractivity contribution in [1.82, 2.24) is 9.73 Å². The summed E-state index contributed by atoms with van der Waals surface area (Å²) in [6.45, 7) is 1.51. The number of halogens is 1. The van der Waals surface area contributed by atoms with Gasteiger partial charge in [0.15, 0.2) is 0 Å². The Balaban J connectivity index is 1.50. The summed E-state index contributed by atoms with van der Waals surface area (Å²) in [4.78, 5) is 12.2. The van der Waals surface area contributed by atoms with E-state index in [1.165, 1.54) is 16.6 Å². The Hall–Kier alpha value is -2.27. The van der Waals surface area contributed by atoms with E-state index in [1.54, 1.807) is 36.4 Å². The number of phenolic OH excluding ortho intramolecular Hbond substituents is 1. The summed E-state index contributed by atoms with van der Waals surface area (Å²) in [5.74, 6) is -0.131. The van der Waals surface area contributed by atoms with Crippen LogP contribution in [0.5, 0.6) is 5.75 Å². The van der Waals surface area contributed by atoms with Gasteiger partial charge in [0.2, 0.25) is 15.9 Å². The lowest BCUT2D eigenvalue weighted by Crippen LogP contribution is -2.40. The largest absolute Gasteiger partial charge is 0.507 e. The number of phenols is 1. The molecule has 0 saturated carbocycles. The van der Waals surface area contributed by atoms with Gasteiger partial charge in [-0.1, -0.05) is 12.1 Å². The predicted molar refractivity (Wildman–Crippen MR) is 116 cm³/mol. The zero-order chi connectivity index (χ0) is 21.6. The highest BCUT2D eigenvalue weighted by Gasteiger charge is 2.26. The highest BCUT2D eigenvalue weighted by Crippen LogP contribution is 2.23. The van der Waals surface area contributed by atoms with Crippen molar-refractivity contribution in [2.75, 3.05) is 26.3 Å². The number of aryl methyl sites for hydroxylation is 1. The maximum atomic E-state index is 12.6. The molecule has 3 rings (SSSR count). The van der Waals surface area contributed by atoms with Crippen LogP contribution < -0.4 is 5.43 Å². The van der Waals surface area contributed by atoms with Crippen molar-refractivity contribution in [2.24, 2.45) is 5.10 Å². The minimum Gasteiger partial charge on any atom is -0.507 e. The summed E-state index contributed by atoms with van der Waals surface area (Å²) in [5, 5.41) is 13.4. The first-order valence-electron chi connectivity index (χ1n) is 9.33. The van der Waals surface area contributed by atoms with Crippen molar-refractivity contribution < 1.29 is 23.1 Å². The number of benzene rings is 2. The van der Waals surface area contributed by atoms with Crippen molar-refractivity contribution >= 4 is 38.1 Å². The molecule has 8 nitrogen and oxygen atoms in total. The Morgan fingerprint density at radius 3 is 2.57 bits per heavy atom. The summed E-state index contributed by atoms with van der Waals surface area (Å²) in [5.41, 5.74) is 4.03. The molecule has 0 spiro atoms. The van der Waals surface area contributed by atoms with Gasteiger partial charge in [0.1, 0.15) is 5.75 Å². The number of nitrogens with zero attached hydrogens (tertiary/aromatic N) is 2. The Labute approximate surface area is 183 Å². The van der Waals surface area contributed by atoms with E-state index < -0.39 is 10.0 Å². The highest BCUT2D eigenvalue weighted by molar-refractivity contribution is 9.10. The van der Waals surface area contributed by atoms with E-state index in [-0.39, 0.29) is 23.0 Å². The van der Waals surface area contributed by atoms with Gasteiger partial charge in [-0.2, -0.15) is 9.41 Å². The van der Waals surface area contributed by atoms with E-state index in [1.807, 2.05) is 0 Å². The molecule has 2 N–H and O–H groups in total. The Morgan fingerprint density at radius 1 is 1.20 bits per heavy atom. The number of carbonyl (C=O) groups is 1. The summed E-state index contributed by atoms with van der Waals surface area (Å²) in [6.07, 6.45) is 2.16. The van der Waals surface area contributed by atoms with Crippen molar-refractivity contribution in [3.05, 3.63) is 58.1 Å². The minimum atomic E-state index is -3.52. The first-order chi connectivity index (χ1) is 14.4. The number of morpholine rings is 1. The fourth-order valence-electron chi connectivity index (χ4n) is 2.86. The molecule has 2 aromatic carbocycles. The van der Waals surface area contributed by atoms with Crippen LogP contribution in [0.3, 0.4) is 0 Å². The van der Waals surface area contributed by atoms with Crippen LogP contribution in [-0.4, -0.2) is 56.3 Å². The third kappa shape index (κ3) is 5.88. The molecule has 0 aromatic heterocycles. The van der Waals surface area contributed by atoms with Gasteiger partial charge in [-0.15, -0.1) is 0 Å². The molecule has 160 valence electrons. The van der Waals surface area contributed by atoms with Gasteiger partial charge in [-0.05, 0) is 63.8 Å². The van der Waals surface area contributed by atoms with Gasteiger partial charge in [0.05, 0.1) is 28.8 Å². The number of amides is 1. The third-order valence-corrected chi connectivity index (χ3v) is 7.09. The molecule has 1 heterocycles. The lowest BCUT2D eigenvalue weighted by atomic mass is 10.1. The second-order valence-corrected chi connectivity index (χ2v) is 9.46. The van der Waals surface area contributed by atoms with Crippen LogP contribution in [0, 0.1) is 0 Å². The van der Waals surface area contributed by atoms with E-state index in [9.17, 15) is 18.3 Å². The zero-order valence-corrected chi connectivity index (χ0v) is 18.5. The predicted octanol–water partition coefficient (Wildman–Crippen LogP) is 2.26. The lowest BCUT2D eigenvalue weighted by molar-refractivity contribution is -0.121. The molecule has 1 saturated heterocycles. The number of hydrogen-bond acceptors (Lipinski definition) is 6. The molecule has 1 aliphatic rings. The smallest absolute Gasteiger partial charge is 0.243 e. The number of hydrazone groups is 1. The maximum Gasteiger partial charge on any atom is 0.243 e. The first-order valence-corrected chi connectivity index (χ1v) is 11.6. The highest BCUT2D eigenvalue weighted by atomic mass is 79.9. The van der Waals surface area contributed by atoms with Crippen LogP contribution in [-0.2, 0) is 26.0 Å². The standard InChI is InChI=1S/C20H22BrN3O5S/c21-18-13-16(3-7-19(18)25)14-22-23-20(26)8-4-15-1-5-17(6-2-15)30(27,28)24-9-11-29-12-10-24/h1-3,5-7,13-14,25H,4,8-12H2,(H,23,26)/b22-14+. The number of nitrogens with one attached hydrogen (secondary N) is 1. The SMILES string of the molecule is O=C(CCc1ccc(S(=O)(=O)N2CCOCC2)cc1)N/N=C/c1ccc(O)c(Br)c1. The third-order valence-electron chi connectivity index (χ3n) is 4.55. The fraction of sp³-hybridized carbons (Fsp3) is 0.300. The summed E-state index contributed by atoms with van der Waals surface area (Å²) in [6, 6.07) is 11.4. The normalized spacial score (nSPS) is 15.4. The molecule has 0 radical (unpaired) electrons. The van der Waals surface area contributed by atoms with E-state index in [0.717, 1.165) is 11.1 Å². The summed E-state index contributed by atoms with van der Waals surface area (Å²) in [7, 11) is -3.52. The van der Waals surface area contributed by atoms with E-state index in [4.69, 9.17) is 4.74 Å². The molecule has 0 bridgehead atoms. The van der Waals surface area contributed by atoms with Crippen LogP contribution in [0.1, 0.15) is 17.5 Å². The van der Waals surface area contributed by atoms with Crippen molar-refractivity contribution in [1.29, 1.82) is 0 Å². The lowest BCUT2D eigenvalue weighted by Gasteiger charge is -2.26. The molecule has 1 fully saturated rings. The molecule has 0 atom stereocenters. The van der Waals surface area contributed by atoms with Crippen LogP contribution in [0.2, 0.25) is 0 Å². The molecule has 30 heavy (non-hydrogen) atoms. The number of aromatic hydroxyl groups is 1. The number of rotatable bonds is 7. The van der Waals surface area contributed by atoms with Crippen molar-refractivity contribution in [3.63, 3.8) is 0 Å². The number of ether oxygens (including phenoxy) is 1. The van der Waals surface area contributed by atoms with Gasteiger partial charge < -0.3 is 9.84 Å². The Bertz CT molecular complexity index is 1020. The van der Waals surface area contributed by atoms with Gasteiger partial charge in [0.25, 0.3) is 0 Å². The second-order valence-electron chi connectivity index (χ2n) is 6.66. The average molecular weight is 496 g/mol. The van der Waals surface area contributed by atoms with Gasteiger partial charge in [-0.25, -0.2) is 13.8 Å². The van der Waals surface area contributed by atoms with Crippen LogP contribution in [0.25, 0.3) is 0 Å². The van der Waals surface area contributed by atoms with E-state index in [0.29, 0.717) is 37.2 Å². The van der Waals surface area contributed by atoms with Crippen molar-refractivity contribution in [2.45, 2.75) is 17.7 Å². The molecule has 10 heteroatoms. The molecule has 0 unspecified atom stereocenters. The van der Waals surface area contributed by atoms with Gasteiger partial charge in [-0.3, -0.25) is 4.79 Å². The molecular formula is C20H22BrN3O5S. The molecule has 1 aliphatic heterocycles. The number of hydrogen-bond donors (Lipinski definition) is 2. The topological polar surface area (TPSA) is 108 Å². The Morgan fingerprint density at radius 2 is 1.90 bits per heavy atom. The second kappa shape index (κ2) is 10.2. The zero-order valence-electron chi connectivity index (χ0n) is 16.1. The van der Waals surface area contributed by atoms with Crippen LogP contribution in [0.4, 0.5) is 0 Å². The minimum absolute atomic E-state index is 0.125. The molecular weight excluding hydrogens is 474 g/mol. The van der Waals surface area contributed by atoms with Gasteiger partial charge >= 0.3 is 0 Å². The maximum absolute atomic E-state index is 12.6. The van der Waals surface area contributed by atoms with Crippen molar-refractivity contribution in [3.8, 4) is 5.75 Å². The monoisotopic (exact) mass is 495 g/mol. The Kier molecular flexibility index (Phi) is 7.59. The number of sulfonamides is 1. The fourth-order valence-corrected chi connectivity index (χ4v) is 4.66. The van der Waals surface area contributed by atoms with Gasteiger partial charge in [0, 0.05) is 19.5 Å². The van der Waals surface area contributed by atoms with E-state index in [2.05, 4.69) is 26.5 Å². The average Bonchev–Trinajstić information content (AvgIpc) is 2.76. The quantitative estimate of drug-likeness (QED) is 0.452. The number of carbonyl (C=O) groups excluding carboxylic acids is 1.